The molecule has 170 valence electrons. The van der Waals surface area contributed by atoms with Gasteiger partial charge in [0, 0.05) is 12.2 Å². The Balaban J connectivity index is 1.94. The van der Waals surface area contributed by atoms with Crippen LogP contribution in [0.1, 0.15) is 96.1 Å². The number of hydrogen-bond acceptors (Lipinski definition) is 2. The highest BCUT2D eigenvalue weighted by molar-refractivity contribution is 5.92. The normalized spacial score (nSPS) is 12.9. The van der Waals surface area contributed by atoms with Gasteiger partial charge in [0.15, 0.2) is 0 Å². The van der Waals surface area contributed by atoms with Crippen molar-refractivity contribution in [3.63, 3.8) is 0 Å². The first-order chi connectivity index (χ1) is 14.7. The van der Waals surface area contributed by atoms with E-state index < -0.39 is 0 Å². The lowest BCUT2D eigenvalue weighted by atomic mass is 10.1. The summed E-state index contributed by atoms with van der Waals surface area (Å²) in [7, 11) is 0. The van der Waals surface area contributed by atoms with Crippen LogP contribution in [0.4, 0.5) is 10.5 Å². The van der Waals surface area contributed by atoms with Crippen LogP contribution in [0, 0.1) is 0 Å². The monoisotopic (exact) mass is 415 g/mol. The summed E-state index contributed by atoms with van der Waals surface area (Å²) >= 11 is 0. The summed E-state index contributed by atoms with van der Waals surface area (Å²) in [6.07, 6.45) is 14.7. The van der Waals surface area contributed by atoms with Crippen LogP contribution in [0.2, 0.25) is 0 Å². The predicted molar refractivity (Wildman–Crippen MR) is 129 cm³/mol. The van der Waals surface area contributed by atoms with Crippen LogP contribution in [-0.2, 0) is 12.8 Å². The van der Waals surface area contributed by atoms with E-state index in [1.54, 1.807) is 0 Å². The number of nitrogens with zero attached hydrogens (tertiary/aromatic N) is 2. The lowest BCUT2D eigenvalue weighted by Gasteiger charge is -2.31. The van der Waals surface area contributed by atoms with Crippen molar-refractivity contribution in [1.29, 1.82) is 0 Å². The standard InChI is InChI=1S/C26H45N3O/c1-4-7-8-9-10-11-12-18-27-26(30)29(22-28(19-5-2)20-6-3)25-17-16-23-14-13-15-24(23)21-25/h16-17,21H,4-15,18-20,22H2,1-3H3,(H,27,30). The predicted octanol–water partition coefficient (Wildman–Crippen LogP) is 6.52. The number of carbonyl (C=O) groups excluding carboxylic acids is 1. The number of amides is 2. The van der Waals surface area contributed by atoms with Gasteiger partial charge in [-0.15, -0.1) is 0 Å². The van der Waals surface area contributed by atoms with Crippen LogP contribution < -0.4 is 10.2 Å². The molecular weight excluding hydrogens is 370 g/mol. The van der Waals surface area contributed by atoms with E-state index in [0.717, 1.165) is 51.0 Å². The molecule has 1 aliphatic rings. The molecule has 0 aromatic heterocycles. The number of nitrogens with one attached hydrogen (secondary N) is 1. The van der Waals surface area contributed by atoms with Crippen molar-refractivity contribution in [2.75, 3.05) is 31.2 Å². The zero-order valence-corrected chi connectivity index (χ0v) is 19.8. The largest absolute Gasteiger partial charge is 0.338 e. The summed E-state index contributed by atoms with van der Waals surface area (Å²) in [6, 6.07) is 6.69. The molecule has 1 aliphatic carbocycles. The van der Waals surface area contributed by atoms with Gasteiger partial charge in [-0.2, -0.15) is 0 Å². The molecule has 0 fully saturated rings. The van der Waals surface area contributed by atoms with Crippen molar-refractivity contribution in [1.82, 2.24) is 10.2 Å². The quantitative estimate of drug-likeness (QED) is 0.261. The molecule has 0 heterocycles. The van der Waals surface area contributed by atoms with E-state index in [9.17, 15) is 4.79 Å². The molecule has 2 rings (SSSR count). The number of carbonyl (C=O) groups is 1. The van der Waals surface area contributed by atoms with Gasteiger partial charge in [0.25, 0.3) is 0 Å². The van der Waals surface area contributed by atoms with E-state index in [1.807, 2.05) is 4.90 Å². The van der Waals surface area contributed by atoms with E-state index in [1.165, 1.54) is 62.5 Å². The Morgan fingerprint density at radius 2 is 1.53 bits per heavy atom. The van der Waals surface area contributed by atoms with E-state index in [2.05, 4.69) is 49.2 Å². The van der Waals surface area contributed by atoms with Crippen molar-refractivity contribution >= 4 is 11.7 Å². The van der Waals surface area contributed by atoms with E-state index in [-0.39, 0.29) is 6.03 Å². The molecule has 0 saturated carbocycles. The molecule has 4 heteroatoms. The zero-order valence-electron chi connectivity index (χ0n) is 19.8. The molecule has 0 bridgehead atoms. The molecule has 4 nitrogen and oxygen atoms in total. The van der Waals surface area contributed by atoms with Crippen molar-refractivity contribution in [3.8, 4) is 0 Å². The SMILES string of the molecule is CCCCCCCCCNC(=O)N(CN(CCC)CCC)c1ccc2c(c1)CCC2. The first-order valence-electron chi connectivity index (χ1n) is 12.6. The summed E-state index contributed by atoms with van der Waals surface area (Å²) in [5.41, 5.74) is 3.93. The summed E-state index contributed by atoms with van der Waals surface area (Å²) in [4.78, 5) is 17.5. The van der Waals surface area contributed by atoms with Gasteiger partial charge in [-0.05, 0) is 74.9 Å². The highest BCUT2D eigenvalue weighted by Crippen LogP contribution is 2.27. The molecule has 0 spiro atoms. The number of anilines is 1. The summed E-state index contributed by atoms with van der Waals surface area (Å²) in [5, 5.41) is 3.20. The highest BCUT2D eigenvalue weighted by atomic mass is 16.2. The Kier molecular flexibility index (Phi) is 11.9. The molecule has 1 N–H and O–H groups in total. The summed E-state index contributed by atoms with van der Waals surface area (Å²) < 4.78 is 0. The van der Waals surface area contributed by atoms with Crippen molar-refractivity contribution in [2.24, 2.45) is 0 Å². The van der Waals surface area contributed by atoms with E-state index in [4.69, 9.17) is 0 Å². The van der Waals surface area contributed by atoms with Gasteiger partial charge in [-0.3, -0.25) is 9.80 Å². The number of urea groups is 1. The minimum absolute atomic E-state index is 0.0520. The maximum Gasteiger partial charge on any atom is 0.322 e. The van der Waals surface area contributed by atoms with Crippen LogP contribution in [0.15, 0.2) is 18.2 Å². The Bertz CT molecular complexity index is 610. The number of aryl methyl sites for hydroxylation is 2. The molecule has 2 amide bonds. The second-order valence-electron chi connectivity index (χ2n) is 8.85. The van der Waals surface area contributed by atoms with Gasteiger partial charge < -0.3 is 5.32 Å². The number of benzene rings is 1. The second-order valence-corrected chi connectivity index (χ2v) is 8.85. The molecule has 0 aliphatic heterocycles. The zero-order chi connectivity index (χ0) is 21.6. The van der Waals surface area contributed by atoms with Crippen LogP contribution >= 0.6 is 0 Å². The fraction of sp³-hybridized carbons (Fsp3) is 0.731. The maximum atomic E-state index is 13.2. The third-order valence-electron chi connectivity index (χ3n) is 6.12. The average Bonchev–Trinajstić information content (AvgIpc) is 3.22. The van der Waals surface area contributed by atoms with Gasteiger partial charge in [0.05, 0.1) is 6.67 Å². The fourth-order valence-corrected chi connectivity index (χ4v) is 4.45. The van der Waals surface area contributed by atoms with Gasteiger partial charge >= 0.3 is 6.03 Å². The minimum atomic E-state index is 0.0520. The third kappa shape index (κ3) is 8.29. The van der Waals surface area contributed by atoms with Crippen LogP contribution in [0.3, 0.4) is 0 Å². The maximum absolute atomic E-state index is 13.2. The van der Waals surface area contributed by atoms with Crippen molar-refractivity contribution < 1.29 is 4.79 Å². The van der Waals surface area contributed by atoms with Crippen LogP contribution in [0.5, 0.6) is 0 Å². The molecule has 0 radical (unpaired) electrons. The lowest BCUT2D eigenvalue weighted by molar-refractivity contribution is 0.232. The number of hydrogen-bond donors (Lipinski definition) is 1. The number of unbranched alkanes of at least 4 members (excludes halogenated alkanes) is 6. The summed E-state index contributed by atoms with van der Waals surface area (Å²) in [5.74, 6) is 0. The minimum Gasteiger partial charge on any atom is -0.338 e. The van der Waals surface area contributed by atoms with Crippen LogP contribution in [0.25, 0.3) is 0 Å². The number of rotatable bonds is 15. The average molecular weight is 416 g/mol. The molecule has 30 heavy (non-hydrogen) atoms. The molecule has 0 saturated heterocycles. The molecule has 0 atom stereocenters. The smallest absolute Gasteiger partial charge is 0.322 e. The molecule has 1 aromatic carbocycles. The Morgan fingerprint density at radius 3 is 2.23 bits per heavy atom. The lowest BCUT2D eigenvalue weighted by Crippen LogP contribution is -2.47. The highest BCUT2D eigenvalue weighted by Gasteiger charge is 2.20. The van der Waals surface area contributed by atoms with Crippen molar-refractivity contribution in [3.05, 3.63) is 29.3 Å². The van der Waals surface area contributed by atoms with Crippen molar-refractivity contribution in [2.45, 2.75) is 97.8 Å². The van der Waals surface area contributed by atoms with E-state index >= 15 is 0 Å². The first-order valence-corrected chi connectivity index (χ1v) is 12.6. The Hall–Kier alpha value is -1.55. The third-order valence-corrected chi connectivity index (χ3v) is 6.12. The molecule has 0 unspecified atom stereocenters. The summed E-state index contributed by atoms with van der Waals surface area (Å²) in [6.45, 7) is 10.2. The van der Waals surface area contributed by atoms with Gasteiger partial charge in [0.2, 0.25) is 0 Å². The fourth-order valence-electron chi connectivity index (χ4n) is 4.45. The second kappa shape index (κ2) is 14.5. The van der Waals surface area contributed by atoms with Gasteiger partial charge in [0.1, 0.15) is 0 Å². The molecular formula is C26H45N3O. The first kappa shape index (κ1) is 24.7. The number of fused-ring (bicyclic) bond motifs is 1. The topological polar surface area (TPSA) is 35.6 Å². The Labute approximate surface area is 185 Å². The van der Waals surface area contributed by atoms with E-state index in [0.29, 0.717) is 6.67 Å². The van der Waals surface area contributed by atoms with Crippen LogP contribution in [-0.4, -0.2) is 37.2 Å². The Morgan fingerprint density at radius 1 is 0.867 bits per heavy atom. The van der Waals surface area contributed by atoms with Gasteiger partial charge in [-0.25, -0.2) is 4.79 Å². The molecule has 1 aromatic rings. The van der Waals surface area contributed by atoms with Gasteiger partial charge in [-0.1, -0.05) is 65.4 Å².